The van der Waals surface area contributed by atoms with Crippen LogP contribution in [-0.2, 0) is 16.4 Å². The van der Waals surface area contributed by atoms with E-state index in [2.05, 4.69) is 27.3 Å². The molecule has 0 atom stereocenters. The number of sulfonamides is 1. The van der Waals surface area contributed by atoms with Crippen LogP contribution in [0.15, 0.2) is 53.4 Å². The molecular weight excluding hydrogens is 413 g/mol. The fraction of sp³-hybridized carbons (Fsp3) is 0.250. The van der Waals surface area contributed by atoms with E-state index in [0.717, 1.165) is 14.9 Å². The summed E-state index contributed by atoms with van der Waals surface area (Å²) in [6, 6.07) is 14.4. The van der Waals surface area contributed by atoms with Crippen LogP contribution in [0, 0.1) is 3.57 Å². The molecule has 0 spiro atoms. The molecule has 0 aliphatic carbocycles. The molecule has 0 unspecified atom stereocenters. The maximum absolute atomic E-state index is 12.2. The van der Waals surface area contributed by atoms with Crippen LogP contribution in [0.1, 0.15) is 12.5 Å². The Bertz CT molecular complexity index is 714. The van der Waals surface area contributed by atoms with E-state index in [4.69, 9.17) is 4.74 Å². The summed E-state index contributed by atoms with van der Waals surface area (Å²) in [7, 11) is -3.47. The SMILES string of the molecule is CCOc1ccccc1CCNS(=O)(=O)c1ccc(I)cc1. The lowest BCUT2D eigenvalue weighted by Gasteiger charge is -2.11. The van der Waals surface area contributed by atoms with E-state index in [1.54, 1.807) is 24.3 Å². The summed E-state index contributed by atoms with van der Waals surface area (Å²) in [5, 5.41) is 0. The van der Waals surface area contributed by atoms with Crippen molar-refractivity contribution in [3.05, 3.63) is 57.7 Å². The molecule has 2 aromatic carbocycles. The topological polar surface area (TPSA) is 55.4 Å². The Morgan fingerprint density at radius 3 is 2.45 bits per heavy atom. The summed E-state index contributed by atoms with van der Waals surface area (Å²) in [5.41, 5.74) is 0.995. The van der Waals surface area contributed by atoms with Gasteiger partial charge in [0.2, 0.25) is 10.0 Å². The van der Waals surface area contributed by atoms with Gasteiger partial charge in [-0.1, -0.05) is 18.2 Å². The van der Waals surface area contributed by atoms with E-state index in [1.165, 1.54) is 0 Å². The fourth-order valence-corrected chi connectivity index (χ4v) is 3.42. The van der Waals surface area contributed by atoms with Crippen molar-refractivity contribution in [2.24, 2.45) is 0 Å². The van der Waals surface area contributed by atoms with Gasteiger partial charge < -0.3 is 4.74 Å². The zero-order valence-electron chi connectivity index (χ0n) is 12.3. The third-order valence-corrected chi connectivity index (χ3v) is 5.28. The zero-order valence-corrected chi connectivity index (χ0v) is 15.2. The van der Waals surface area contributed by atoms with Crippen molar-refractivity contribution in [1.29, 1.82) is 0 Å². The molecule has 0 aliphatic rings. The highest BCUT2D eigenvalue weighted by Gasteiger charge is 2.13. The Balaban J connectivity index is 2.00. The molecule has 0 heterocycles. The van der Waals surface area contributed by atoms with Gasteiger partial charge in [-0.25, -0.2) is 13.1 Å². The smallest absolute Gasteiger partial charge is 0.240 e. The Morgan fingerprint density at radius 2 is 1.77 bits per heavy atom. The highest BCUT2D eigenvalue weighted by atomic mass is 127. The number of benzene rings is 2. The predicted molar refractivity (Wildman–Crippen MR) is 95.7 cm³/mol. The van der Waals surface area contributed by atoms with E-state index in [1.807, 2.05) is 31.2 Å². The Labute approximate surface area is 145 Å². The average molecular weight is 431 g/mol. The molecule has 4 nitrogen and oxygen atoms in total. The molecule has 0 saturated carbocycles. The van der Waals surface area contributed by atoms with Crippen molar-refractivity contribution >= 4 is 32.6 Å². The molecule has 22 heavy (non-hydrogen) atoms. The van der Waals surface area contributed by atoms with Gasteiger partial charge in [0.15, 0.2) is 0 Å². The molecule has 1 N–H and O–H groups in total. The summed E-state index contributed by atoms with van der Waals surface area (Å²) in [6.45, 7) is 2.85. The van der Waals surface area contributed by atoms with Gasteiger partial charge >= 0.3 is 0 Å². The van der Waals surface area contributed by atoms with Gasteiger partial charge in [0, 0.05) is 10.1 Å². The minimum Gasteiger partial charge on any atom is -0.494 e. The summed E-state index contributed by atoms with van der Waals surface area (Å²) < 4.78 is 33.6. The van der Waals surface area contributed by atoms with E-state index in [0.29, 0.717) is 19.6 Å². The van der Waals surface area contributed by atoms with E-state index >= 15 is 0 Å². The summed E-state index contributed by atoms with van der Waals surface area (Å²) in [6.07, 6.45) is 0.583. The number of nitrogens with one attached hydrogen (secondary N) is 1. The van der Waals surface area contributed by atoms with Crippen LogP contribution >= 0.6 is 22.6 Å². The summed E-state index contributed by atoms with van der Waals surface area (Å²) >= 11 is 2.14. The first kappa shape index (κ1) is 17.2. The van der Waals surface area contributed by atoms with Crippen LogP contribution in [0.2, 0.25) is 0 Å². The Kier molecular flexibility index (Phi) is 6.22. The molecule has 118 valence electrons. The van der Waals surface area contributed by atoms with Crippen molar-refractivity contribution in [3.63, 3.8) is 0 Å². The van der Waals surface area contributed by atoms with Gasteiger partial charge in [0.05, 0.1) is 11.5 Å². The highest BCUT2D eigenvalue weighted by molar-refractivity contribution is 14.1. The maximum Gasteiger partial charge on any atom is 0.240 e. The van der Waals surface area contributed by atoms with Crippen LogP contribution in [0.3, 0.4) is 0 Å². The van der Waals surface area contributed by atoms with Crippen molar-refractivity contribution in [2.45, 2.75) is 18.2 Å². The second-order valence-electron chi connectivity index (χ2n) is 4.64. The van der Waals surface area contributed by atoms with Gasteiger partial charge in [0.1, 0.15) is 5.75 Å². The molecule has 6 heteroatoms. The van der Waals surface area contributed by atoms with Crippen LogP contribution in [0.5, 0.6) is 5.75 Å². The zero-order chi connectivity index (χ0) is 16.0. The normalized spacial score (nSPS) is 11.4. The highest BCUT2D eigenvalue weighted by Crippen LogP contribution is 2.18. The lowest BCUT2D eigenvalue weighted by molar-refractivity contribution is 0.336. The monoisotopic (exact) mass is 431 g/mol. The van der Waals surface area contributed by atoms with E-state index in [9.17, 15) is 8.42 Å². The van der Waals surface area contributed by atoms with Gasteiger partial charge in [-0.2, -0.15) is 0 Å². The summed E-state index contributed by atoms with van der Waals surface area (Å²) in [5.74, 6) is 0.804. The molecule has 0 aromatic heterocycles. The van der Waals surface area contributed by atoms with Crippen molar-refractivity contribution in [1.82, 2.24) is 4.72 Å². The van der Waals surface area contributed by atoms with Gasteiger partial charge in [-0.05, 0) is 71.8 Å². The molecular formula is C16H18INO3S. The van der Waals surface area contributed by atoms with Crippen molar-refractivity contribution in [3.8, 4) is 5.75 Å². The minimum atomic E-state index is -3.47. The largest absolute Gasteiger partial charge is 0.494 e. The number of ether oxygens (including phenoxy) is 1. The standard InChI is InChI=1S/C16H18INO3S/c1-2-21-16-6-4-3-5-13(16)11-12-18-22(19,20)15-9-7-14(17)8-10-15/h3-10,18H,2,11-12H2,1H3. The molecule has 0 aliphatic heterocycles. The van der Waals surface area contributed by atoms with Crippen LogP contribution in [0.4, 0.5) is 0 Å². The Morgan fingerprint density at radius 1 is 1.09 bits per heavy atom. The minimum absolute atomic E-state index is 0.283. The van der Waals surface area contributed by atoms with Gasteiger partial charge in [-0.15, -0.1) is 0 Å². The van der Waals surface area contributed by atoms with Gasteiger partial charge in [0.25, 0.3) is 0 Å². The van der Waals surface area contributed by atoms with Crippen molar-refractivity contribution < 1.29 is 13.2 Å². The second-order valence-corrected chi connectivity index (χ2v) is 7.66. The second kappa shape index (κ2) is 7.94. The number of para-hydroxylation sites is 1. The molecule has 2 aromatic rings. The third-order valence-electron chi connectivity index (χ3n) is 3.08. The molecule has 0 fully saturated rings. The average Bonchev–Trinajstić information content (AvgIpc) is 2.49. The quantitative estimate of drug-likeness (QED) is 0.686. The van der Waals surface area contributed by atoms with E-state index < -0.39 is 10.0 Å². The van der Waals surface area contributed by atoms with Crippen LogP contribution in [0.25, 0.3) is 0 Å². The molecule has 0 saturated heterocycles. The lowest BCUT2D eigenvalue weighted by atomic mass is 10.1. The predicted octanol–water partition coefficient (Wildman–Crippen LogP) is 3.21. The molecule has 0 radical (unpaired) electrons. The lowest BCUT2D eigenvalue weighted by Crippen LogP contribution is -2.26. The number of hydrogen-bond donors (Lipinski definition) is 1. The van der Waals surface area contributed by atoms with Crippen LogP contribution < -0.4 is 9.46 Å². The number of halogens is 1. The van der Waals surface area contributed by atoms with Crippen LogP contribution in [-0.4, -0.2) is 21.6 Å². The van der Waals surface area contributed by atoms with E-state index in [-0.39, 0.29) is 4.90 Å². The van der Waals surface area contributed by atoms with Crippen molar-refractivity contribution in [2.75, 3.05) is 13.2 Å². The first-order chi connectivity index (χ1) is 10.5. The number of hydrogen-bond acceptors (Lipinski definition) is 3. The molecule has 0 amide bonds. The molecule has 0 bridgehead atoms. The number of rotatable bonds is 7. The first-order valence-corrected chi connectivity index (χ1v) is 9.55. The first-order valence-electron chi connectivity index (χ1n) is 6.99. The maximum atomic E-state index is 12.2. The fourth-order valence-electron chi connectivity index (χ4n) is 2.02. The Hall–Kier alpha value is -1.12. The molecule has 2 rings (SSSR count). The summed E-state index contributed by atoms with van der Waals surface area (Å²) in [4.78, 5) is 0.283. The van der Waals surface area contributed by atoms with Gasteiger partial charge in [-0.3, -0.25) is 0 Å². The third kappa shape index (κ3) is 4.69.